The van der Waals surface area contributed by atoms with Crippen LogP contribution in [0.25, 0.3) is 0 Å². The van der Waals surface area contributed by atoms with Crippen LogP contribution in [0.4, 0.5) is 4.79 Å². The normalized spacial score (nSPS) is 15.5. The highest BCUT2D eigenvalue weighted by Gasteiger charge is 2.21. The third kappa shape index (κ3) is 7.00. The molecule has 1 aliphatic rings. The van der Waals surface area contributed by atoms with Crippen LogP contribution in [0.1, 0.15) is 18.4 Å². The summed E-state index contributed by atoms with van der Waals surface area (Å²) in [7, 11) is -3.88. The number of halogens is 2. The predicted octanol–water partition coefficient (Wildman–Crippen LogP) is 3.83. The number of nitrogens with zero attached hydrogens (tertiary/aromatic N) is 1. The van der Waals surface area contributed by atoms with E-state index in [4.69, 9.17) is 27.9 Å². The van der Waals surface area contributed by atoms with Crippen molar-refractivity contribution >= 4 is 39.3 Å². The minimum atomic E-state index is -3.88. The maximum Gasteiger partial charge on any atom is 0.328 e. The fourth-order valence-corrected chi connectivity index (χ4v) is 4.47. The van der Waals surface area contributed by atoms with E-state index in [-0.39, 0.29) is 11.0 Å². The Morgan fingerprint density at radius 3 is 2.42 bits per heavy atom. The number of hydrogen-bond acceptors (Lipinski definition) is 5. The number of rotatable bonds is 7. The zero-order valence-corrected chi connectivity index (χ0v) is 19.4. The van der Waals surface area contributed by atoms with Gasteiger partial charge in [-0.3, -0.25) is 0 Å². The average Bonchev–Trinajstić information content (AvgIpc) is 2.72. The molecule has 168 valence electrons. The van der Waals surface area contributed by atoms with E-state index < -0.39 is 16.1 Å². The summed E-state index contributed by atoms with van der Waals surface area (Å²) in [6.07, 6.45) is 1.77. The van der Waals surface area contributed by atoms with Crippen LogP contribution in [0, 0.1) is 6.92 Å². The van der Waals surface area contributed by atoms with Gasteiger partial charge >= 0.3 is 6.03 Å². The van der Waals surface area contributed by atoms with Crippen LogP contribution < -0.4 is 14.8 Å². The van der Waals surface area contributed by atoms with Gasteiger partial charge in [-0.15, -0.1) is 0 Å². The minimum Gasteiger partial charge on any atom is -0.490 e. The van der Waals surface area contributed by atoms with Gasteiger partial charge < -0.3 is 15.0 Å². The minimum absolute atomic E-state index is 0.0531. The molecule has 0 radical (unpaired) electrons. The molecule has 2 N–H and O–H groups in total. The van der Waals surface area contributed by atoms with Gasteiger partial charge in [-0.05, 0) is 44.0 Å². The Balaban J connectivity index is 1.37. The van der Waals surface area contributed by atoms with Crippen molar-refractivity contribution in [3.8, 4) is 5.75 Å². The molecule has 3 rings (SSSR count). The lowest BCUT2D eigenvalue weighted by Crippen LogP contribution is -2.45. The topological polar surface area (TPSA) is 87.7 Å². The second-order valence-corrected chi connectivity index (χ2v) is 9.91. The number of piperidine rings is 1. The van der Waals surface area contributed by atoms with Crippen LogP contribution in [-0.2, 0) is 10.0 Å². The summed E-state index contributed by atoms with van der Waals surface area (Å²) in [5.74, 6) is 0.695. The van der Waals surface area contributed by atoms with Crippen molar-refractivity contribution in [2.75, 3.05) is 26.2 Å². The van der Waals surface area contributed by atoms with Crippen molar-refractivity contribution in [3.05, 3.63) is 58.1 Å². The number of hydrogen-bond donors (Lipinski definition) is 2. The summed E-state index contributed by atoms with van der Waals surface area (Å²) in [6.45, 7) is 4.46. The molecule has 31 heavy (non-hydrogen) atoms. The van der Waals surface area contributed by atoms with E-state index in [9.17, 15) is 13.2 Å². The van der Waals surface area contributed by atoms with Gasteiger partial charge in [0.15, 0.2) is 0 Å². The van der Waals surface area contributed by atoms with Gasteiger partial charge in [-0.25, -0.2) is 17.9 Å². The highest BCUT2D eigenvalue weighted by Crippen LogP contribution is 2.28. The number of aryl methyl sites for hydroxylation is 1. The van der Waals surface area contributed by atoms with Gasteiger partial charge in [0, 0.05) is 32.2 Å². The van der Waals surface area contributed by atoms with Gasteiger partial charge in [0.2, 0.25) is 0 Å². The van der Waals surface area contributed by atoms with Crippen LogP contribution in [0.3, 0.4) is 0 Å². The molecule has 0 atom stereocenters. The van der Waals surface area contributed by atoms with E-state index >= 15 is 0 Å². The predicted molar refractivity (Wildman–Crippen MR) is 121 cm³/mol. The average molecular weight is 486 g/mol. The lowest BCUT2D eigenvalue weighted by molar-refractivity contribution is 0.101. The van der Waals surface area contributed by atoms with Crippen molar-refractivity contribution in [1.29, 1.82) is 0 Å². The Labute approximate surface area is 192 Å². The second-order valence-electron chi connectivity index (χ2n) is 7.41. The lowest BCUT2D eigenvalue weighted by Gasteiger charge is -2.32. The number of carbonyl (C=O) groups excluding carboxylic acids is 1. The fraction of sp³-hybridized carbons (Fsp3) is 0.381. The Morgan fingerprint density at radius 2 is 1.77 bits per heavy atom. The molecule has 0 bridgehead atoms. The summed E-state index contributed by atoms with van der Waals surface area (Å²) in [5, 5.41) is 3.56. The molecular formula is C21H25Cl2N3O4S. The first-order valence-corrected chi connectivity index (χ1v) is 12.2. The Bertz CT molecular complexity index is 1010. The molecule has 0 aromatic heterocycles. The van der Waals surface area contributed by atoms with Crippen LogP contribution in [0.15, 0.2) is 47.4 Å². The molecule has 1 heterocycles. The first-order valence-electron chi connectivity index (χ1n) is 9.94. The number of ether oxygens (including phenoxy) is 1. The van der Waals surface area contributed by atoms with E-state index in [1.165, 1.54) is 12.1 Å². The van der Waals surface area contributed by atoms with Crippen LogP contribution >= 0.6 is 23.2 Å². The highest BCUT2D eigenvalue weighted by molar-refractivity contribution is 7.90. The first-order chi connectivity index (χ1) is 14.7. The molecule has 0 unspecified atom stereocenters. The van der Waals surface area contributed by atoms with E-state index in [0.717, 1.165) is 31.5 Å². The third-order valence-corrected chi connectivity index (χ3v) is 7.09. The first kappa shape index (κ1) is 23.7. The molecule has 2 aromatic carbocycles. The number of likely N-dealkylation sites (tertiary alicyclic amines) is 1. The molecule has 1 fully saturated rings. The zero-order valence-electron chi connectivity index (χ0n) is 17.1. The molecule has 0 spiro atoms. The molecule has 1 saturated heterocycles. The summed E-state index contributed by atoms with van der Waals surface area (Å²) in [4.78, 5) is 14.2. The molecule has 10 heteroatoms. The molecule has 2 amide bonds. The number of nitrogens with one attached hydrogen (secondary N) is 2. The van der Waals surface area contributed by atoms with E-state index in [1.807, 2.05) is 11.6 Å². The Hall–Kier alpha value is -2.00. The smallest absolute Gasteiger partial charge is 0.328 e. The second kappa shape index (κ2) is 10.5. The number of amides is 2. The van der Waals surface area contributed by atoms with E-state index in [1.54, 1.807) is 30.3 Å². The van der Waals surface area contributed by atoms with Gasteiger partial charge in [-0.1, -0.05) is 40.9 Å². The summed E-state index contributed by atoms with van der Waals surface area (Å²) >= 11 is 11.9. The van der Waals surface area contributed by atoms with Crippen LogP contribution in [0.5, 0.6) is 5.75 Å². The number of urea groups is 1. The van der Waals surface area contributed by atoms with Crippen molar-refractivity contribution in [2.24, 2.45) is 0 Å². The summed E-state index contributed by atoms with van der Waals surface area (Å²) in [6, 6.07) is 10.8. The van der Waals surface area contributed by atoms with Gasteiger partial charge in [-0.2, -0.15) is 0 Å². The van der Waals surface area contributed by atoms with E-state index in [2.05, 4.69) is 10.2 Å². The monoisotopic (exact) mass is 485 g/mol. The number of benzene rings is 2. The van der Waals surface area contributed by atoms with Crippen LogP contribution in [-0.4, -0.2) is 51.6 Å². The van der Waals surface area contributed by atoms with Crippen molar-refractivity contribution < 1.29 is 17.9 Å². The maximum absolute atomic E-state index is 12.2. The molecule has 7 nitrogen and oxygen atoms in total. The van der Waals surface area contributed by atoms with Crippen molar-refractivity contribution in [2.45, 2.75) is 30.8 Å². The zero-order chi connectivity index (χ0) is 22.4. The van der Waals surface area contributed by atoms with Gasteiger partial charge in [0.05, 0.1) is 14.9 Å². The lowest BCUT2D eigenvalue weighted by atomic mass is 10.1. The number of carbonyl (C=O) groups is 1. The molecular weight excluding hydrogens is 461 g/mol. The van der Waals surface area contributed by atoms with Crippen molar-refractivity contribution in [3.63, 3.8) is 0 Å². The molecule has 1 aliphatic heterocycles. The highest BCUT2D eigenvalue weighted by atomic mass is 35.5. The Kier molecular flexibility index (Phi) is 8.05. The van der Waals surface area contributed by atoms with E-state index in [0.29, 0.717) is 28.9 Å². The molecule has 0 saturated carbocycles. The molecule has 2 aromatic rings. The third-order valence-electron chi connectivity index (χ3n) is 5.00. The number of sulfonamides is 1. The maximum atomic E-state index is 12.2. The van der Waals surface area contributed by atoms with Crippen LogP contribution in [0.2, 0.25) is 10.0 Å². The summed E-state index contributed by atoms with van der Waals surface area (Å²) < 4.78 is 32.5. The van der Waals surface area contributed by atoms with Gasteiger partial charge in [0.25, 0.3) is 10.0 Å². The summed E-state index contributed by atoms with van der Waals surface area (Å²) in [5.41, 5.74) is 0.939. The molecule has 0 aliphatic carbocycles. The SMILES string of the molecule is Cc1ccc(S(=O)(=O)NC(=O)NCCN2CCC(Oc3ccc(Cl)c(Cl)c3)CC2)cc1. The largest absolute Gasteiger partial charge is 0.490 e. The van der Waals surface area contributed by atoms with Crippen molar-refractivity contribution in [1.82, 2.24) is 14.9 Å². The Morgan fingerprint density at radius 1 is 1.10 bits per heavy atom. The quantitative estimate of drug-likeness (QED) is 0.621. The fourth-order valence-electron chi connectivity index (χ4n) is 3.26. The standard InChI is InChI=1S/C21H25Cl2N3O4S/c1-15-2-5-18(6-3-15)31(28,29)25-21(27)24-10-13-26-11-8-16(9-12-26)30-17-4-7-19(22)20(23)14-17/h2-7,14,16H,8-13H2,1H3,(H2,24,25,27). The van der Waals surface area contributed by atoms with Gasteiger partial charge in [0.1, 0.15) is 11.9 Å².